The minimum absolute atomic E-state index is 0.0257. The van der Waals surface area contributed by atoms with Crippen LogP contribution in [0.2, 0.25) is 0 Å². The van der Waals surface area contributed by atoms with E-state index in [0.717, 1.165) is 48.0 Å². The number of pyridine rings is 1. The predicted octanol–water partition coefficient (Wildman–Crippen LogP) is 3.46. The number of carbonyl (C=O) groups is 1. The summed E-state index contributed by atoms with van der Waals surface area (Å²) in [5.41, 5.74) is 1.69. The molecular formula is C19H19N5OS. The second-order valence-electron chi connectivity index (χ2n) is 6.24. The Hall–Kier alpha value is -2.80. The Morgan fingerprint density at radius 1 is 1.08 bits per heavy atom. The number of amides is 1. The van der Waals surface area contributed by atoms with Crippen molar-refractivity contribution in [1.82, 2.24) is 15.2 Å². The number of piperidine rings is 1. The van der Waals surface area contributed by atoms with E-state index in [1.807, 2.05) is 29.6 Å². The van der Waals surface area contributed by atoms with Crippen LogP contribution in [0.4, 0.5) is 11.5 Å². The van der Waals surface area contributed by atoms with Gasteiger partial charge in [-0.2, -0.15) is 0 Å². The number of rotatable bonds is 4. The van der Waals surface area contributed by atoms with Crippen LogP contribution in [0.3, 0.4) is 0 Å². The largest absolute Gasteiger partial charge is 0.355 e. The smallest absolute Gasteiger partial charge is 0.227 e. The van der Waals surface area contributed by atoms with E-state index < -0.39 is 0 Å². The number of hydrogen-bond acceptors (Lipinski definition) is 6. The number of nitrogens with zero attached hydrogens (tertiary/aromatic N) is 4. The van der Waals surface area contributed by atoms with E-state index in [1.165, 1.54) is 0 Å². The summed E-state index contributed by atoms with van der Waals surface area (Å²) in [5.74, 6) is 0.978. The fourth-order valence-corrected chi connectivity index (χ4v) is 3.79. The molecule has 6 nitrogen and oxygen atoms in total. The third kappa shape index (κ3) is 3.72. The van der Waals surface area contributed by atoms with Gasteiger partial charge in [0.05, 0.1) is 4.88 Å². The highest BCUT2D eigenvalue weighted by atomic mass is 32.1. The minimum atomic E-state index is 0.0257. The molecule has 0 aliphatic carbocycles. The van der Waals surface area contributed by atoms with Crippen molar-refractivity contribution in [3.05, 3.63) is 54.2 Å². The van der Waals surface area contributed by atoms with Crippen molar-refractivity contribution in [2.75, 3.05) is 23.3 Å². The van der Waals surface area contributed by atoms with Gasteiger partial charge in [-0.15, -0.1) is 21.5 Å². The van der Waals surface area contributed by atoms with Crippen LogP contribution in [0.1, 0.15) is 12.8 Å². The maximum absolute atomic E-state index is 12.4. The van der Waals surface area contributed by atoms with E-state index >= 15 is 0 Å². The van der Waals surface area contributed by atoms with Crippen LogP contribution in [-0.4, -0.2) is 34.2 Å². The molecule has 1 amide bonds. The van der Waals surface area contributed by atoms with Gasteiger partial charge in [0, 0.05) is 37.1 Å². The van der Waals surface area contributed by atoms with Gasteiger partial charge in [0.25, 0.3) is 0 Å². The number of anilines is 2. The fourth-order valence-electron chi connectivity index (χ4n) is 3.10. The molecule has 0 atom stereocenters. The zero-order valence-corrected chi connectivity index (χ0v) is 15.0. The van der Waals surface area contributed by atoms with Gasteiger partial charge < -0.3 is 10.2 Å². The first-order chi connectivity index (χ1) is 12.8. The molecule has 1 N–H and O–H groups in total. The van der Waals surface area contributed by atoms with Crippen molar-refractivity contribution in [3.63, 3.8) is 0 Å². The molecule has 0 unspecified atom stereocenters. The Bertz CT molecular complexity index is 843. The number of hydrogen-bond donors (Lipinski definition) is 1. The summed E-state index contributed by atoms with van der Waals surface area (Å²) in [5, 5.41) is 13.7. The summed E-state index contributed by atoms with van der Waals surface area (Å²) in [6.45, 7) is 1.61. The fraction of sp³-hybridized carbons (Fsp3) is 0.263. The van der Waals surface area contributed by atoms with Crippen molar-refractivity contribution in [1.29, 1.82) is 0 Å². The molecule has 0 radical (unpaired) electrons. The van der Waals surface area contributed by atoms with Crippen LogP contribution in [0.25, 0.3) is 10.6 Å². The summed E-state index contributed by atoms with van der Waals surface area (Å²) < 4.78 is 0. The highest BCUT2D eigenvalue weighted by Gasteiger charge is 2.25. The third-order valence-corrected chi connectivity index (χ3v) is 5.45. The van der Waals surface area contributed by atoms with Gasteiger partial charge in [-0.1, -0.05) is 6.07 Å². The molecule has 0 saturated carbocycles. The maximum Gasteiger partial charge on any atom is 0.227 e. The van der Waals surface area contributed by atoms with Crippen molar-refractivity contribution in [3.8, 4) is 10.6 Å². The van der Waals surface area contributed by atoms with Crippen LogP contribution in [0.15, 0.2) is 54.2 Å². The second kappa shape index (κ2) is 7.61. The van der Waals surface area contributed by atoms with E-state index in [4.69, 9.17) is 0 Å². The molecule has 3 aromatic rings. The standard InChI is InChI=1S/C19H19N5OS/c25-19(21-15-5-9-20-10-6-15)14-7-11-24(12-8-14)18-4-3-16(22-23-18)17-2-1-13-26-17/h1-6,9-10,13-14H,7-8,11-12H2,(H,20,21,25). The van der Waals surface area contributed by atoms with Gasteiger partial charge in [0.1, 0.15) is 5.69 Å². The van der Waals surface area contributed by atoms with Gasteiger partial charge >= 0.3 is 0 Å². The summed E-state index contributed by atoms with van der Waals surface area (Å²) in [6, 6.07) is 11.7. The van der Waals surface area contributed by atoms with Gasteiger partial charge in [0.2, 0.25) is 5.91 Å². The Morgan fingerprint density at radius 2 is 1.88 bits per heavy atom. The summed E-state index contributed by atoms with van der Waals surface area (Å²) in [4.78, 5) is 19.7. The molecule has 0 spiro atoms. The lowest BCUT2D eigenvalue weighted by Crippen LogP contribution is -2.38. The van der Waals surface area contributed by atoms with Crippen LogP contribution < -0.4 is 10.2 Å². The lowest BCUT2D eigenvalue weighted by atomic mass is 9.96. The third-order valence-electron chi connectivity index (χ3n) is 4.56. The highest BCUT2D eigenvalue weighted by molar-refractivity contribution is 7.13. The molecule has 26 heavy (non-hydrogen) atoms. The van der Waals surface area contributed by atoms with Gasteiger partial charge in [-0.3, -0.25) is 9.78 Å². The van der Waals surface area contributed by atoms with E-state index in [0.29, 0.717) is 0 Å². The monoisotopic (exact) mass is 365 g/mol. The Balaban J connectivity index is 1.34. The average Bonchev–Trinajstić information content (AvgIpc) is 3.24. The molecule has 7 heteroatoms. The van der Waals surface area contributed by atoms with E-state index in [9.17, 15) is 4.79 Å². The quantitative estimate of drug-likeness (QED) is 0.767. The SMILES string of the molecule is O=C(Nc1ccncc1)C1CCN(c2ccc(-c3cccs3)nn2)CC1. The lowest BCUT2D eigenvalue weighted by Gasteiger charge is -2.31. The zero-order valence-electron chi connectivity index (χ0n) is 14.2. The number of aromatic nitrogens is 3. The Morgan fingerprint density at radius 3 is 2.54 bits per heavy atom. The average molecular weight is 365 g/mol. The van der Waals surface area contributed by atoms with Crippen LogP contribution in [0.5, 0.6) is 0 Å². The molecule has 1 aliphatic heterocycles. The summed E-state index contributed by atoms with van der Waals surface area (Å²) in [6.07, 6.45) is 4.98. The van der Waals surface area contributed by atoms with Crippen LogP contribution >= 0.6 is 11.3 Å². The lowest BCUT2D eigenvalue weighted by molar-refractivity contribution is -0.120. The molecule has 1 fully saturated rings. The molecule has 0 aromatic carbocycles. The van der Waals surface area contributed by atoms with Crippen molar-refractivity contribution < 1.29 is 4.79 Å². The zero-order chi connectivity index (χ0) is 17.8. The van der Waals surface area contributed by atoms with Crippen LogP contribution in [0, 0.1) is 5.92 Å². The minimum Gasteiger partial charge on any atom is -0.355 e. The number of thiophene rings is 1. The summed E-state index contributed by atoms with van der Waals surface area (Å²) in [7, 11) is 0. The van der Waals surface area contributed by atoms with E-state index in [1.54, 1.807) is 35.9 Å². The normalized spacial score (nSPS) is 15.0. The van der Waals surface area contributed by atoms with Crippen LogP contribution in [-0.2, 0) is 4.79 Å². The summed E-state index contributed by atoms with van der Waals surface area (Å²) >= 11 is 1.66. The first-order valence-corrected chi connectivity index (χ1v) is 9.51. The van der Waals surface area contributed by atoms with Crippen molar-refractivity contribution in [2.24, 2.45) is 5.92 Å². The molecule has 4 rings (SSSR count). The molecule has 132 valence electrons. The first-order valence-electron chi connectivity index (χ1n) is 8.63. The second-order valence-corrected chi connectivity index (χ2v) is 7.19. The highest BCUT2D eigenvalue weighted by Crippen LogP contribution is 2.26. The Kier molecular flexibility index (Phi) is 4.88. The number of nitrogens with one attached hydrogen (secondary N) is 1. The van der Waals surface area contributed by atoms with E-state index in [2.05, 4.69) is 25.4 Å². The molecule has 0 bridgehead atoms. The van der Waals surface area contributed by atoms with E-state index in [-0.39, 0.29) is 11.8 Å². The molecule has 1 saturated heterocycles. The number of carbonyl (C=O) groups excluding carboxylic acids is 1. The topological polar surface area (TPSA) is 71.0 Å². The molecule has 4 heterocycles. The van der Waals surface area contributed by atoms with Gasteiger partial charge in [-0.05, 0) is 48.6 Å². The molecule has 1 aliphatic rings. The molecular weight excluding hydrogens is 346 g/mol. The first kappa shape index (κ1) is 16.7. The maximum atomic E-state index is 12.4. The Labute approximate surface area is 155 Å². The van der Waals surface area contributed by atoms with Gasteiger partial charge in [0.15, 0.2) is 5.82 Å². The van der Waals surface area contributed by atoms with Crippen molar-refractivity contribution in [2.45, 2.75) is 12.8 Å². The van der Waals surface area contributed by atoms with Gasteiger partial charge in [-0.25, -0.2) is 0 Å². The van der Waals surface area contributed by atoms with Crippen molar-refractivity contribution >= 4 is 28.7 Å². The molecule has 3 aromatic heterocycles. The predicted molar refractivity (Wildman–Crippen MR) is 103 cm³/mol.